The van der Waals surface area contributed by atoms with Gasteiger partial charge < -0.3 is 19.5 Å². The van der Waals surface area contributed by atoms with Crippen LogP contribution in [-0.2, 0) is 4.74 Å². The number of methoxy groups -OCH3 is 2. The Bertz CT molecular complexity index is 872. The van der Waals surface area contributed by atoms with E-state index in [4.69, 9.17) is 14.2 Å². The number of ether oxygens (including phenoxy) is 3. The lowest BCUT2D eigenvalue weighted by molar-refractivity contribution is 0.0635. The summed E-state index contributed by atoms with van der Waals surface area (Å²) in [5.74, 6) is 0.786. The Kier molecular flexibility index (Phi) is 6.51. The molecule has 0 aromatic heterocycles. The van der Waals surface area contributed by atoms with Crippen molar-refractivity contribution >= 4 is 23.4 Å². The van der Waals surface area contributed by atoms with Gasteiger partial charge in [-0.05, 0) is 57.5 Å². The first-order valence-corrected chi connectivity index (χ1v) is 8.77. The predicted molar refractivity (Wildman–Crippen MR) is 109 cm³/mol. The minimum atomic E-state index is -0.607. The van der Waals surface area contributed by atoms with Gasteiger partial charge in [-0.3, -0.25) is 10.1 Å². The molecule has 0 aliphatic rings. The van der Waals surface area contributed by atoms with Crippen molar-refractivity contribution in [2.24, 2.45) is 0 Å². The van der Waals surface area contributed by atoms with Crippen LogP contribution in [0.25, 0.3) is 0 Å². The van der Waals surface area contributed by atoms with Crippen LogP contribution in [0.1, 0.15) is 36.7 Å². The fourth-order valence-corrected chi connectivity index (χ4v) is 2.47. The third-order valence-electron chi connectivity index (χ3n) is 3.75. The van der Waals surface area contributed by atoms with Crippen molar-refractivity contribution in [1.29, 1.82) is 0 Å². The summed E-state index contributed by atoms with van der Waals surface area (Å²) < 4.78 is 15.8. The Morgan fingerprint density at radius 3 is 2.18 bits per heavy atom. The summed E-state index contributed by atoms with van der Waals surface area (Å²) in [5, 5.41) is 5.48. The molecule has 28 heavy (non-hydrogen) atoms. The van der Waals surface area contributed by atoms with Crippen LogP contribution in [0.5, 0.6) is 11.5 Å². The Morgan fingerprint density at radius 1 is 0.929 bits per heavy atom. The number of hydrogen-bond acceptors (Lipinski definition) is 5. The van der Waals surface area contributed by atoms with Crippen molar-refractivity contribution in [1.82, 2.24) is 0 Å². The molecule has 0 heterocycles. The summed E-state index contributed by atoms with van der Waals surface area (Å²) in [6.45, 7) is 7.20. The standard InChI is InChI=1S/C21H26N2O5/c1-13-10-17(26-5)18(27-6)12-16(13)23-19(24)14-8-7-9-15(11-14)22-20(25)28-21(2,3)4/h7-12H,1-6H3,(H,22,25)(H,23,24). The van der Waals surface area contributed by atoms with E-state index in [0.29, 0.717) is 28.4 Å². The summed E-state index contributed by atoms with van der Waals surface area (Å²) >= 11 is 0. The number of carbonyl (C=O) groups is 2. The largest absolute Gasteiger partial charge is 0.493 e. The number of nitrogens with one attached hydrogen (secondary N) is 2. The average molecular weight is 386 g/mol. The minimum absolute atomic E-state index is 0.317. The Balaban J connectivity index is 2.16. The van der Waals surface area contributed by atoms with E-state index in [1.54, 1.807) is 64.3 Å². The fourth-order valence-electron chi connectivity index (χ4n) is 2.47. The molecule has 0 saturated heterocycles. The summed E-state index contributed by atoms with van der Waals surface area (Å²) in [6.07, 6.45) is -0.583. The van der Waals surface area contributed by atoms with Gasteiger partial charge in [0, 0.05) is 23.0 Å². The van der Waals surface area contributed by atoms with Crippen molar-refractivity contribution in [2.45, 2.75) is 33.3 Å². The third-order valence-corrected chi connectivity index (χ3v) is 3.75. The summed E-state index contributed by atoms with van der Waals surface area (Å²) in [7, 11) is 3.09. The van der Waals surface area contributed by atoms with Crippen LogP contribution in [-0.4, -0.2) is 31.8 Å². The molecule has 0 aliphatic carbocycles. The van der Waals surface area contributed by atoms with E-state index in [1.165, 1.54) is 7.11 Å². The highest BCUT2D eigenvalue weighted by atomic mass is 16.6. The van der Waals surface area contributed by atoms with Crippen molar-refractivity contribution in [3.8, 4) is 11.5 Å². The first-order valence-electron chi connectivity index (χ1n) is 8.77. The van der Waals surface area contributed by atoms with E-state index in [9.17, 15) is 9.59 Å². The second-order valence-electron chi connectivity index (χ2n) is 7.18. The van der Waals surface area contributed by atoms with Crippen molar-refractivity contribution in [2.75, 3.05) is 24.9 Å². The Labute approximate surface area is 165 Å². The molecule has 2 aromatic rings. The van der Waals surface area contributed by atoms with Gasteiger partial charge >= 0.3 is 6.09 Å². The van der Waals surface area contributed by atoms with Crippen molar-refractivity contribution in [3.05, 3.63) is 47.5 Å². The van der Waals surface area contributed by atoms with Crippen LogP contribution in [0.4, 0.5) is 16.2 Å². The minimum Gasteiger partial charge on any atom is -0.493 e. The van der Waals surface area contributed by atoms with E-state index in [1.807, 2.05) is 6.92 Å². The maximum atomic E-state index is 12.7. The van der Waals surface area contributed by atoms with Gasteiger partial charge in [-0.25, -0.2) is 4.79 Å². The SMILES string of the molecule is COc1cc(C)c(NC(=O)c2cccc(NC(=O)OC(C)(C)C)c2)cc1OC. The van der Waals surface area contributed by atoms with E-state index >= 15 is 0 Å². The van der Waals surface area contributed by atoms with Gasteiger partial charge in [0.25, 0.3) is 5.91 Å². The van der Waals surface area contributed by atoms with E-state index in [2.05, 4.69) is 10.6 Å². The molecule has 2 rings (SSSR count). The Hall–Kier alpha value is -3.22. The molecule has 0 bridgehead atoms. The molecule has 2 aromatic carbocycles. The number of hydrogen-bond donors (Lipinski definition) is 2. The first kappa shape index (κ1) is 21.1. The summed E-state index contributed by atoms with van der Waals surface area (Å²) in [4.78, 5) is 24.6. The molecule has 2 N–H and O–H groups in total. The normalized spacial score (nSPS) is 10.8. The van der Waals surface area contributed by atoms with E-state index in [-0.39, 0.29) is 5.91 Å². The zero-order valence-corrected chi connectivity index (χ0v) is 17.0. The van der Waals surface area contributed by atoms with Gasteiger partial charge in [0.2, 0.25) is 0 Å². The number of carbonyl (C=O) groups excluding carboxylic acids is 2. The van der Waals surface area contributed by atoms with Crippen LogP contribution in [0.15, 0.2) is 36.4 Å². The fraction of sp³-hybridized carbons (Fsp3) is 0.333. The smallest absolute Gasteiger partial charge is 0.412 e. The number of rotatable bonds is 5. The van der Waals surface area contributed by atoms with Gasteiger partial charge in [-0.2, -0.15) is 0 Å². The molecule has 2 amide bonds. The van der Waals surface area contributed by atoms with Crippen molar-refractivity contribution in [3.63, 3.8) is 0 Å². The quantitative estimate of drug-likeness (QED) is 0.784. The van der Waals surface area contributed by atoms with Crippen LogP contribution >= 0.6 is 0 Å². The monoisotopic (exact) mass is 386 g/mol. The molecule has 0 spiro atoms. The maximum absolute atomic E-state index is 12.7. The second kappa shape index (κ2) is 8.65. The summed E-state index contributed by atoms with van der Waals surface area (Å²) in [5.41, 5.74) is 1.68. The van der Waals surface area contributed by atoms with Crippen LogP contribution in [0.2, 0.25) is 0 Å². The molecular formula is C21H26N2O5. The predicted octanol–water partition coefficient (Wildman–Crippen LogP) is 4.61. The maximum Gasteiger partial charge on any atom is 0.412 e. The molecule has 150 valence electrons. The third kappa shape index (κ3) is 5.64. The van der Waals surface area contributed by atoms with Crippen molar-refractivity contribution < 1.29 is 23.8 Å². The lowest BCUT2D eigenvalue weighted by atomic mass is 10.1. The zero-order chi connectivity index (χ0) is 20.9. The Morgan fingerprint density at radius 2 is 1.57 bits per heavy atom. The highest BCUT2D eigenvalue weighted by molar-refractivity contribution is 6.05. The molecule has 7 heteroatoms. The number of aryl methyl sites for hydroxylation is 1. The highest BCUT2D eigenvalue weighted by Gasteiger charge is 2.17. The molecule has 0 atom stereocenters. The summed E-state index contributed by atoms with van der Waals surface area (Å²) in [6, 6.07) is 10.1. The topological polar surface area (TPSA) is 85.9 Å². The van der Waals surface area contributed by atoms with Gasteiger partial charge in [0.1, 0.15) is 5.60 Å². The average Bonchev–Trinajstić information content (AvgIpc) is 2.61. The van der Waals surface area contributed by atoms with Gasteiger partial charge in [0.15, 0.2) is 11.5 Å². The molecule has 0 radical (unpaired) electrons. The molecule has 0 aliphatic heterocycles. The van der Waals surface area contributed by atoms with Crippen LogP contribution in [0, 0.1) is 6.92 Å². The number of amides is 2. The lowest BCUT2D eigenvalue weighted by Crippen LogP contribution is -2.27. The molecule has 0 unspecified atom stereocenters. The first-order chi connectivity index (χ1) is 13.1. The highest BCUT2D eigenvalue weighted by Crippen LogP contribution is 2.33. The van der Waals surface area contributed by atoms with Crippen LogP contribution in [0.3, 0.4) is 0 Å². The lowest BCUT2D eigenvalue weighted by Gasteiger charge is -2.19. The molecule has 0 fully saturated rings. The number of anilines is 2. The van der Waals surface area contributed by atoms with Crippen LogP contribution < -0.4 is 20.1 Å². The van der Waals surface area contributed by atoms with Gasteiger partial charge in [-0.1, -0.05) is 6.07 Å². The zero-order valence-electron chi connectivity index (χ0n) is 17.0. The van der Waals surface area contributed by atoms with Gasteiger partial charge in [-0.15, -0.1) is 0 Å². The molecule has 0 saturated carbocycles. The second-order valence-corrected chi connectivity index (χ2v) is 7.18. The van der Waals surface area contributed by atoms with Gasteiger partial charge in [0.05, 0.1) is 14.2 Å². The number of benzene rings is 2. The molecular weight excluding hydrogens is 360 g/mol. The van der Waals surface area contributed by atoms with E-state index < -0.39 is 11.7 Å². The molecule has 7 nitrogen and oxygen atoms in total. The van der Waals surface area contributed by atoms with E-state index in [0.717, 1.165) is 5.56 Å².